The molecule has 4 aliphatic heterocycles. The van der Waals surface area contributed by atoms with Gasteiger partial charge in [0.2, 0.25) is 0 Å². The molecule has 24 heavy (non-hydrogen) atoms. The Balaban J connectivity index is 1.52. The van der Waals surface area contributed by atoms with Gasteiger partial charge in [-0.15, -0.1) is 0 Å². The van der Waals surface area contributed by atoms with Gasteiger partial charge >= 0.3 is 10.3 Å². The minimum absolute atomic E-state index is 0.227. The van der Waals surface area contributed by atoms with E-state index in [4.69, 9.17) is 27.9 Å². The number of ether oxygens (including phenoxy) is 5. The summed E-state index contributed by atoms with van der Waals surface area (Å²) in [5, 5.41) is 0. The average Bonchev–Trinajstić information content (AvgIpc) is 3.22. The van der Waals surface area contributed by atoms with Crippen LogP contribution in [0.3, 0.4) is 0 Å². The van der Waals surface area contributed by atoms with E-state index in [9.17, 15) is 8.42 Å². The highest BCUT2D eigenvalue weighted by atomic mass is 32.2. The first-order valence-corrected chi connectivity index (χ1v) is 8.88. The van der Waals surface area contributed by atoms with Crippen molar-refractivity contribution in [3.05, 3.63) is 29.8 Å². The molecule has 4 fully saturated rings. The van der Waals surface area contributed by atoms with Crippen LogP contribution in [-0.4, -0.2) is 52.5 Å². The van der Waals surface area contributed by atoms with Gasteiger partial charge in [-0.05, 0) is 12.1 Å². The number of rotatable bonds is 2. The van der Waals surface area contributed by atoms with Gasteiger partial charge in [0.25, 0.3) is 0 Å². The van der Waals surface area contributed by atoms with Crippen molar-refractivity contribution >= 4 is 10.3 Å². The fraction of sp³-hybridized carbons (Fsp3) is 0.571. The smallest absolute Gasteiger partial charge is 0.338 e. The fourth-order valence-electron chi connectivity index (χ4n) is 3.57. The quantitative estimate of drug-likeness (QED) is 0.776. The maximum absolute atomic E-state index is 12.0. The minimum atomic E-state index is -3.94. The predicted octanol–water partition coefficient (Wildman–Crippen LogP) is -0.206. The zero-order valence-electron chi connectivity index (χ0n) is 12.6. The van der Waals surface area contributed by atoms with E-state index in [1.54, 1.807) is 31.4 Å². The lowest BCUT2D eigenvalue weighted by Gasteiger charge is -2.37. The first-order valence-electron chi connectivity index (χ1n) is 7.47. The Hall–Kier alpha value is -1.27. The molecular formula is C14H15NO8S. The Labute approximate surface area is 138 Å². The summed E-state index contributed by atoms with van der Waals surface area (Å²) in [5.41, 5.74) is -0.631. The highest BCUT2D eigenvalue weighted by molar-refractivity contribution is 7.85. The molecule has 1 N–H and O–H groups in total. The van der Waals surface area contributed by atoms with E-state index in [1.807, 2.05) is 0 Å². The van der Waals surface area contributed by atoms with Crippen molar-refractivity contribution in [2.75, 3.05) is 13.7 Å². The Morgan fingerprint density at radius 1 is 1.21 bits per heavy atom. The monoisotopic (exact) mass is 357 g/mol. The summed E-state index contributed by atoms with van der Waals surface area (Å²) < 4.78 is 59.8. The molecular weight excluding hydrogens is 342 g/mol. The molecule has 4 aliphatic rings. The van der Waals surface area contributed by atoms with E-state index in [-0.39, 0.29) is 6.61 Å². The number of fused-ring (bicyclic) bond motifs is 4. The number of hydrogen-bond donors (Lipinski definition) is 1. The van der Waals surface area contributed by atoms with E-state index in [2.05, 4.69) is 4.72 Å². The molecule has 130 valence electrons. The van der Waals surface area contributed by atoms with Gasteiger partial charge in [0, 0.05) is 5.56 Å². The highest BCUT2D eigenvalue weighted by Crippen LogP contribution is 2.51. The molecule has 1 aromatic rings. The van der Waals surface area contributed by atoms with Gasteiger partial charge in [-0.1, -0.05) is 12.1 Å². The zero-order chi connectivity index (χ0) is 16.5. The van der Waals surface area contributed by atoms with Crippen molar-refractivity contribution in [3.63, 3.8) is 0 Å². The Bertz CT molecular complexity index is 767. The standard InChI is InChI=1S/C14H15NO8S/c1-18-8-4-2-7(3-5-8)12-21-11-13-19-6-9(20-13)10-14(11,22-12)15-24(16,17)23-10/h2-5,9-13,15H,6H2,1H3/t9-,10-,11-,12+,13-,14+/m1/s1. The van der Waals surface area contributed by atoms with Crippen molar-refractivity contribution < 1.29 is 36.3 Å². The van der Waals surface area contributed by atoms with Crippen LogP contribution >= 0.6 is 0 Å². The van der Waals surface area contributed by atoms with Crippen LogP contribution in [0.1, 0.15) is 11.9 Å². The minimum Gasteiger partial charge on any atom is -0.497 e. The average molecular weight is 357 g/mol. The Morgan fingerprint density at radius 3 is 2.75 bits per heavy atom. The highest BCUT2D eigenvalue weighted by Gasteiger charge is 2.72. The van der Waals surface area contributed by atoms with Gasteiger partial charge in [-0.25, -0.2) is 4.18 Å². The van der Waals surface area contributed by atoms with Gasteiger partial charge in [-0.3, -0.25) is 0 Å². The second-order valence-corrected chi connectivity index (χ2v) is 7.33. The summed E-state index contributed by atoms with van der Waals surface area (Å²) in [6.07, 6.45) is -3.66. The molecule has 0 saturated carbocycles. The molecule has 5 rings (SSSR count). The first kappa shape index (κ1) is 15.0. The molecule has 1 aromatic carbocycles. The molecule has 4 heterocycles. The molecule has 9 nitrogen and oxygen atoms in total. The lowest BCUT2D eigenvalue weighted by atomic mass is 9.95. The Kier molecular flexibility index (Phi) is 3.06. The van der Waals surface area contributed by atoms with Crippen molar-refractivity contribution in [3.8, 4) is 5.75 Å². The van der Waals surface area contributed by atoms with Crippen LogP contribution in [0, 0.1) is 0 Å². The molecule has 4 saturated heterocycles. The van der Waals surface area contributed by atoms with Gasteiger partial charge in [-0.2, -0.15) is 13.1 Å². The summed E-state index contributed by atoms with van der Waals surface area (Å²) >= 11 is 0. The van der Waals surface area contributed by atoms with Crippen LogP contribution in [0.5, 0.6) is 5.75 Å². The number of benzene rings is 1. The molecule has 6 atom stereocenters. The van der Waals surface area contributed by atoms with Crippen molar-refractivity contribution in [2.24, 2.45) is 0 Å². The Morgan fingerprint density at radius 2 is 2.00 bits per heavy atom. The largest absolute Gasteiger partial charge is 0.497 e. The predicted molar refractivity (Wildman–Crippen MR) is 76.0 cm³/mol. The summed E-state index contributed by atoms with van der Waals surface area (Å²) in [6.45, 7) is 0.227. The van der Waals surface area contributed by atoms with E-state index in [1.165, 1.54) is 0 Å². The fourth-order valence-corrected chi connectivity index (χ4v) is 4.83. The van der Waals surface area contributed by atoms with Gasteiger partial charge in [0.1, 0.15) is 11.9 Å². The van der Waals surface area contributed by atoms with E-state index in [0.717, 1.165) is 5.56 Å². The molecule has 0 aliphatic carbocycles. The van der Waals surface area contributed by atoms with Crippen LogP contribution in [0.25, 0.3) is 0 Å². The SMILES string of the molecule is COc1ccc([C@H]2O[C@@H]3[C@@H]4OC[C@@H](O4)[C@H]4OS(=O)(=O)N[C@@]34O2)cc1. The van der Waals surface area contributed by atoms with E-state index in [0.29, 0.717) is 5.75 Å². The van der Waals surface area contributed by atoms with Crippen molar-refractivity contribution in [1.29, 1.82) is 0 Å². The lowest BCUT2D eigenvalue weighted by molar-refractivity contribution is -0.217. The number of hydrogen-bond acceptors (Lipinski definition) is 8. The number of nitrogens with one attached hydrogen (secondary N) is 1. The van der Waals surface area contributed by atoms with Gasteiger partial charge < -0.3 is 23.7 Å². The van der Waals surface area contributed by atoms with Crippen molar-refractivity contribution in [2.45, 2.75) is 36.6 Å². The van der Waals surface area contributed by atoms with Gasteiger partial charge in [0.15, 0.2) is 30.5 Å². The summed E-state index contributed by atoms with van der Waals surface area (Å²) in [5.74, 6) is 0.695. The second kappa shape index (κ2) is 4.88. The first-order chi connectivity index (χ1) is 11.5. The van der Waals surface area contributed by atoms with Crippen LogP contribution in [0.15, 0.2) is 24.3 Å². The van der Waals surface area contributed by atoms with Crippen LogP contribution in [0.4, 0.5) is 0 Å². The third-order valence-corrected chi connectivity index (χ3v) is 5.67. The van der Waals surface area contributed by atoms with Crippen LogP contribution in [-0.2, 0) is 33.4 Å². The summed E-state index contributed by atoms with van der Waals surface area (Å²) in [4.78, 5) is 0. The third kappa shape index (κ3) is 1.99. The molecule has 1 spiro atoms. The summed E-state index contributed by atoms with van der Waals surface area (Å²) in [7, 11) is -2.37. The molecule has 0 amide bonds. The van der Waals surface area contributed by atoms with E-state index >= 15 is 0 Å². The van der Waals surface area contributed by atoms with Crippen LogP contribution in [0.2, 0.25) is 0 Å². The van der Waals surface area contributed by atoms with E-state index < -0.39 is 46.9 Å². The third-order valence-electron chi connectivity index (χ3n) is 4.64. The molecule has 0 radical (unpaired) electrons. The molecule has 0 aromatic heterocycles. The molecule has 2 bridgehead atoms. The molecule has 10 heteroatoms. The maximum atomic E-state index is 12.0. The van der Waals surface area contributed by atoms with Gasteiger partial charge in [0.05, 0.1) is 13.7 Å². The van der Waals surface area contributed by atoms with Crippen molar-refractivity contribution in [1.82, 2.24) is 4.72 Å². The number of methoxy groups -OCH3 is 1. The maximum Gasteiger partial charge on any atom is 0.338 e. The lowest BCUT2D eigenvalue weighted by Crippen LogP contribution is -2.65. The molecule has 0 unspecified atom stereocenters. The topological polar surface area (TPSA) is 102 Å². The van der Waals surface area contributed by atoms with Crippen LogP contribution < -0.4 is 9.46 Å². The zero-order valence-corrected chi connectivity index (χ0v) is 13.4. The summed E-state index contributed by atoms with van der Waals surface area (Å²) in [6, 6.07) is 7.12. The normalized spacial score (nSPS) is 45.0. The second-order valence-electron chi connectivity index (χ2n) is 6.02.